The molecule has 72 valence electrons. The Morgan fingerprint density at radius 1 is 0.933 bits per heavy atom. The van der Waals surface area contributed by atoms with Gasteiger partial charge in [0.25, 0.3) is 0 Å². The maximum Gasteiger partial charge on any atom is 0.0280 e. The Kier molecular flexibility index (Phi) is 3.16. The van der Waals surface area contributed by atoms with Gasteiger partial charge in [-0.25, -0.2) is 0 Å². The summed E-state index contributed by atoms with van der Waals surface area (Å²) in [5, 5.41) is 0. The van der Waals surface area contributed by atoms with E-state index >= 15 is 0 Å². The van der Waals surface area contributed by atoms with Gasteiger partial charge in [-0.1, -0.05) is 33.8 Å². The predicted molar refractivity (Wildman–Crippen MR) is 64.4 cm³/mol. The van der Waals surface area contributed by atoms with Crippen LogP contribution < -0.4 is 0 Å². The van der Waals surface area contributed by atoms with E-state index in [0.29, 0.717) is 0 Å². The van der Waals surface area contributed by atoms with Gasteiger partial charge in [-0.3, -0.25) is 4.98 Å². The maximum absolute atomic E-state index is 3.94. The van der Waals surface area contributed by atoms with Crippen LogP contribution in [-0.4, -0.2) is 4.98 Å². The molecule has 1 heterocycles. The minimum absolute atomic E-state index is 0.977. The summed E-state index contributed by atoms with van der Waals surface area (Å²) in [5.41, 5.74) is 1.98. The Labute approximate surface area is 97.3 Å². The zero-order valence-electron chi connectivity index (χ0n) is 7.94. The van der Waals surface area contributed by atoms with E-state index in [1.807, 2.05) is 36.4 Å². The molecule has 0 N–H and O–H groups in total. The molecule has 0 radical (unpaired) electrons. The average molecular weight is 258 g/mol. The number of hydrogen-bond acceptors (Lipinski definition) is 1. The molecular formula is C13H8BrN. The molecule has 0 amide bonds. The zero-order valence-corrected chi connectivity index (χ0v) is 9.53. The molecule has 0 aliphatic carbocycles. The molecule has 0 aliphatic heterocycles. The van der Waals surface area contributed by atoms with Crippen molar-refractivity contribution in [1.82, 2.24) is 4.98 Å². The van der Waals surface area contributed by atoms with E-state index in [-0.39, 0.29) is 0 Å². The van der Waals surface area contributed by atoms with Crippen LogP contribution in [0.4, 0.5) is 0 Å². The van der Waals surface area contributed by atoms with Gasteiger partial charge in [0.2, 0.25) is 0 Å². The summed E-state index contributed by atoms with van der Waals surface area (Å²) >= 11 is 3.41. The second-order valence-corrected chi connectivity index (χ2v) is 3.91. The molecule has 0 saturated carbocycles. The highest BCUT2D eigenvalue weighted by Gasteiger charge is 1.88. The van der Waals surface area contributed by atoms with Crippen molar-refractivity contribution < 1.29 is 0 Å². The molecule has 0 aliphatic rings. The Morgan fingerprint density at radius 3 is 2.40 bits per heavy atom. The van der Waals surface area contributed by atoms with Crippen LogP contribution in [0.1, 0.15) is 11.1 Å². The fraction of sp³-hybridized carbons (Fsp3) is 0. The third-order valence-corrected chi connectivity index (χ3v) is 2.35. The van der Waals surface area contributed by atoms with Gasteiger partial charge < -0.3 is 0 Å². The van der Waals surface area contributed by atoms with Crippen LogP contribution in [0.2, 0.25) is 0 Å². The van der Waals surface area contributed by atoms with Crippen molar-refractivity contribution in [2.45, 2.75) is 0 Å². The first-order chi connectivity index (χ1) is 7.34. The van der Waals surface area contributed by atoms with E-state index in [2.05, 4.69) is 32.8 Å². The number of pyridine rings is 1. The lowest BCUT2D eigenvalue weighted by Crippen LogP contribution is -1.76. The molecule has 2 rings (SSSR count). The molecule has 0 saturated heterocycles. The lowest BCUT2D eigenvalue weighted by molar-refractivity contribution is 1.32. The third kappa shape index (κ3) is 2.93. The lowest BCUT2D eigenvalue weighted by Gasteiger charge is -1.91. The summed E-state index contributed by atoms with van der Waals surface area (Å²) in [4.78, 5) is 3.94. The van der Waals surface area contributed by atoms with Crippen molar-refractivity contribution in [3.8, 4) is 11.8 Å². The van der Waals surface area contributed by atoms with Crippen molar-refractivity contribution in [3.05, 3.63) is 64.4 Å². The fourth-order valence-electron chi connectivity index (χ4n) is 1.15. The summed E-state index contributed by atoms with van der Waals surface area (Å²) < 4.78 is 1.05. The molecule has 0 bridgehead atoms. The maximum atomic E-state index is 3.94. The van der Waals surface area contributed by atoms with Crippen molar-refractivity contribution in [2.75, 3.05) is 0 Å². The van der Waals surface area contributed by atoms with Gasteiger partial charge >= 0.3 is 0 Å². The Balaban J connectivity index is 2.26. The summed E-state index contributed by atoms with van der Waals surface area (Å²) in [6.45, 7) is 0. The van der Waals surface area contributed by atoms with Crippen molar-refractivity contribution in [3.63, 3.8) is 0 Å². The molecule has 1 aromatic carbocycles. The normalized spacial score (nSPS) is 9.13. The minimum atomic E-state index is 0.977. The standard InChI is InChI=1S/C13H8BrN/c14-13-3-1-2-12(10-13)5-4-11-6-8-15-9-7-11/h1-3,6-10H. The largest absolute Gasteiger partial charge is 0.265 e. The van der Waals surface area contributed by atoms with Crippen molar-refractivity contribution in [1.29, 1.82) is 0 Å². The topological polar surface area (TPSA) is 12.9 Å². The fourth-order valence-corrected chi connectivity index (χ4v) is 1.55. The van der Waals surface area contributed by atoms with E-state index in [1.54, 1.807) is 12.4 Å². The zero-order chi connectivity index (χ0) is 10.5. The van der Waals surface area contributed by atoms with Crippen molar-refractivity contribution in [2.24, 2.45) is 0 Å². The Morgan fingerprint density at radius 2 is 1.67 bits per heavy atom. The van der Waals surface area contributed by atoms with Gasteiger partial charge in [-0.2, -0.15) is 0 Å². The predicted octanol–water partition coefficient (Wildman–Crippen LogP) is 3.24. The summed E-state index contributed by atoms with van der Waals surface area (Å²) in [7, 11) is 0. The minimum Gasteiger partial charge on any atom is -0.265 e. The first-order valence-corrected chi connectivity index (χ1v) is 5.31. The number of rotatable bonds is 0. The first-order valence-electron chi connectivity index (χ1n) is 4.52. The number of aromatic nitrogens is 1. The molecule has 0 unspecified atom stereocenters. The quantitative estimate of drug-likeness (QED) is 0.661. The van der Waals surface area contributed by atoms with Crippen LogP contribution in [0.25, 0.3) is 0 Å². The van der Waals surface area contributed by atoms with E-state index in [1.165, 1.54) is 0 Å². The molecule has 0 fully saturated rings. The molecule has 0 spiro atoms. The van der Waals surface area contributed by atoms with Crippen LogP contribution in [0, 0.1) is 11.8 Å². The van der Waals surface area contributed by atoms with Crippen molar-refractivity contribution >= 4 is 15.9 Å². The SMILES string of the molecule is Brc1cccc(C#Cc2ccncc2)c1. The molecule has 0 atom stereocenters. The number of hydrogen-bond donors (Lipinski definition) is 0. The van der Waals surface area contributed by atoms with Gasteiger partial charge in [0.15, 0.2) is 0 Å². The third-order valence-electron chi connectivity index (χ3n) is 1.86. The van der Waals surface area contributed by atoms with Gasteiger partial charge in [0.1, 0.15) is 0 Å². The second kappa shape index (κ2) is 4.77. The highest BCUT2D eigenvalue weighted by molar-refractivity contribution is 9.10. The van der Waals surface area contributed by atoms with E-state index in [0.717, 1.165) is 15.6 Å². The Bertz CT molecular complexity index is 509. The number of halogens is 1. The number of nitrogens with zero attached hydrogens (tertiary/aromatic N) is 1. The highest BCUT2D eigenvalue weighted by atomic mass is 79.9. The molecule has 2 heteroatoms. The van der Waals surface area contributed by atoms with Crippen LogP contribution in [0.15, 0.2) is 53.3 Å². The first kappa shape index (κ1) is 9.95. The molecule has 2 aromatic rings. The van der Waals surface area contributed by atoms with Gasteiger partial charge in [-0.05, 0) is 30.3 Å². The molecular weight excluding hydrogens is 250 g/mol. The van der Waals surface area contributed by atoms with Crippen LogP contribution >= 0.6 is 15.9 Å². The van der Waals surface area contributed by atoms with Gasteiger partial charge in [0, 0.05) is 28.0 Å². The van der Waals surface area contributed by atoms with Crippen LogP contribution in [0.3, 0.4) is 0 Å². The monoisotopic (exact) mass is 257 g/mol. The van der Waals surface area contributed by atoms with Gasteiger partial charge in [-0.15, -0.1) is 0 Å². The molecule has 15 heavy (non-hydrogen) atoms. The van der Waals surface area contributed by atoms with Crippen LogP contribution in [-0.2, 0) is 0 Å². The summed E-state index contributed by atoms with van der Waals surface area (Å²) in [6, 6.07) is 11.7. The van der Waals surface area contributed by atoms with E-state index in [9.17, 15) is 0 Å². The van der Waals surface area contributed by atoms with Crippen LogP contribution in [0.5, 0.6) is 0 Å². The smallest absolute Gasteiger partial charge is 0.0280 e. The number of benzene rings is 1. The summed E-state index contributed by atoms with van der Waals surface area (Å²) in [5.74, 6) is 6.17. The Hall–Kier alpha value is -1.59. The average Bonchev–Trinajstić information content (AvgIpc) is 2.28. The molecule has 1 nitrogen and oxygen atoms in total. The highest BCUT2D eigenvalue weighted by Crippen LogP contribution is 2.10. The lowest BCUT2D eigenvalue weighted by atomic mass is 10.2. The molecule has 1 aromatic heterocycles. The van der Waals surface area contributed by atoms with Gasteiger partial charge in [0.05, 0.1) is 0 Å². The van der Waals surface area contributed by atoms with E-state index < -0.39 is 0 Å². The summed E-state index contributed by atoms with van der Waals surface area (Å²) in [6.07, 6.45) is 3.48. The second-order valence-electron chi connectivity index (χ2n) is 3.00. The van der Waals surface area contributed by atoms with E-state index in [4.69, 9.17) is 0 Å².